The molecule has 0 unspecified atom stereocenters. The predicted molar refractivity (Wildman–Crippen MR) is 150 cm³/mol. The number of likely N-dealkylation sites (tertiary alicyclic amines) is 1. The zero-order valence-corrected chi connectivity index (χ0v) is 22.7. The SMILES string of the molecule is C=CC(=O)N1CCC(Oc2ccc3ncnc(Nc4ccc(Oc5cnn6c(C)cnc6c5)c(Cl)c4F)c3n2)CC1. The molecule has 5 aromatic rings. The van der Waals surface area contributed by atoms with Crippen molar-refractivity contribution in [2.45, 2.75) is 25.9 Å². The Morgan fingerprint density at radius 2 is 2.00 bits per heavy atom. The number of ether oxygens (including phenoxy) is 2. The Hall–Kier alpha value is -4.84. The molecular formula is C28H24ClFN8O3. The molecule has 1 amide bonds. The third-order valence-corrected chi connectivity index (χ3v) is 7.06. The maximum atomic E-state index is 15.4. The van der Waals surface area contributed by atoms with Crippen LogP contribution in [0.1, 0.15) is 18.5 Å². The maximum absolute atomic E-state index is 15.4. The quantitative estimate of drug-likeness (QED) is 0.259. The molecule has 11 nitrogen and oxygen atoms in total. The standard InChI is InChI=1S/C28H24ClFN8O3/c1-3-24(39)37-10-8-17(9-11-37)41-23-7-5-20-27(36-23)28(33-15-32-20)35-19-4-6-21(25(29)26(19)30)40-18-12-22-31-13-16(2)38(22)34-14-18/h3-7,12-15,17H,1,8-11H2,2H3,(H,32,33,35). The third kappa shape index (κ3) is 5.33. The lowest BCUT2D eigenvalue weighted by molar-refractivity contribution is -0.127. The van der Waals surface area contributed by atoms with Crippen molar-refractivity contribution in [3.05, 3.63) is 78.2 Å². The fraction of sp³-hybridized carbons (Fsp3) is 0.214. The Morgan fingerprint density at radius 1 is 1.17 bits per heavy atom. The van der Waals surface area contributed by atoms with Gasteiger partial charge in [-0.15, -0.1) is 0 Å². The van der Waals surface area contributed by atoms with Crippen molar-refractivity contribution in [2.24, 2.45) is 0 Å². The first kappa shape index (κ1) is 26.4. The molecule has 0 aliphatic carbocycles. The second-order valence-corrected chi connectivity index (χ2v) is 9.79. The van der Waals surface area contributed by atoms with Gasteiger partial charge in [0, 0.05) is 38.1 Å². The number of hydrogen-bond acceptors (Lipinski definition) is 9. The first-order valence-electron chi connectivity index (χ1n) is 12.8. The minimum atomic E-state index is -0.727. The van der Waals surface area contributed by atoms with Crippen LogP contribution in [-0.4, -0.2) is 59.6 Å². The fourth-order valence-electron chi connectivity index (χ4n) is 4.57. The van der Waals surface area contributed by atoms with Crippen LogP contribution < -0.4 is 14.8 Å². The van der Waals surface area contributed by atoms with E-state index in [0.717, 1.165) is 5.69 Å². The van der Waals surface area contributed by atoms with E-state index in [-0.39, 0.29) is 34.3 Å². The number of imidazole rings is 1. The number of benzene rings is 1. The molecule has 1 saturated heterocycles. The molecular weight excluding hydrogens is 551 g/mol. The van der Waals surface area contributed by atoms with E-state index in [1.54, 1.807) is 39.9 Å². The minimum absolute atomic E-state index is 0.0761. The Labute approximate surface area is 238 Å². The molecule has 6 rings (SSSR count). The number of rotatable bonds is 7. The molecule has 5 heterocycles. The van der Waals surface area contributed by atoms with Gasteiger partial charge < -0.3 is 19.7 Å². The Kier molecular flexibility index (Phi) is 7.06. The number of nitrogens with zero attached hydrogens (tertiary/aromatic N) is 7. The van der Waals surface area contributed by atoms with Gasteiger partial charge in [-0.05, 0) is 31.2 Å². The van der Waals surface area contributed by atoms with Crippen LogP contribution >= 0.6 is 11.6 Å². The van der Waals surface area contributed by atoms with Gasteiger partial charge in [0.05, 0.1) is 29.3 Å². The van der Waals surface area contributed by atoms with Crippen LogP contribution in [0.3, 0.4) is 0 Å². The number of carbonyl (C=O) groups excluding carboxylic acids is 1. The largest absolute Gasteiger partial charge is 0.474 e. The highest BCUT2D eigenvalue weighted by Crippen LogP contribution is 2.36. The monoisotopic (exact) mass is 574 g/mol. The molecule has 13 heteroatoms. The number of nitrogens with one attached hydrogen (secondary N) is 1. The van der Waals surface area contributed by atoms with Gasteiger partial charge in [0.2, 0.25) is 11.8 Å². The van der Waals surface area contributed by atoms with E-state index < -0.39 is 5.82 Å². The summed E-state index contributed by atoms with van der Waals surface area (Å²) >= 11 is 6.35. The van der Waals surface area contributed by atoms with Crippen molar-refractivity contribution in [2.75, 3.05) is 18.4 Å². The Morgan fingerprint density at radius 3 is 2.80 bits per heavy atom. The highest BCUT2D eigenvalue weighted by Gasteiger charge is 2.23. The molecule has 0 saturated carbocycles. The summed E-state index contributed by atoms with van der Waals surface area (Å²) in [6.45, 7) is 6.57. The Bertz CT molecular complexity index is 1790. The molecule has 41 heavy (non-hydrogen) atoms. The molecule has 1 N–H and O–H groups in total. The average Bonchev–Trinajstić information content (AvgIpc) is 3.36. The highest BCUT2D eigenvalue weighted by atomic mass is 35.5. The van der Waals surface area contributed by atoms with Gasteiger partial charge in [-0.25, -0.2) is 28.8 Å². The Balaban J connectivity index is 1.20. The molecule has 0 atom stereocenters. The molecule has 1 aliphatic heterocycles. The number of fused-ring (bicyclic) bond motifs is 2. The van der Waals surface area contributed by atoms with E-state index in [9.17, 15) is 4.79 Å². The molecule has 1 aromatic carbocycles. The topological polar surface area (TPSA) is 120 Å². The number of piperidine rings is 1. The van der Waals surface area contributed by atoms with Crippen LogP contribution in [-0.2, 0) is 4.79 Å². The summed E-state index contributed by atoms with van der Waals surface area (Å²) in [6.07, 6.45) is 7.10. The number of aromatic nitrogens is 6. The van der Waals surface area contributed by atoms with E-state index in [1.165, 1.54) is 24.7 Å². The summed E-state index contributed by atoms with van der Waals surface area (Å²) in [7, 11) is 0. The maximum Gasteiger partial charge on any atom is 0.245 e. The van der Waals surface area contributed by atoms with Gasteiger partial charge in [-0.3, -0.25) is 4.79 Å². The number of anilines is 2. The van der Waals surface area contributed by atoms with Crippen molar-refractivity contribution in [3.63, 3.8) is 0 Å². The molecule has 1 fully saturated rings. The van der Waals surface area contributed by atoms with Crippen molar-refractivity contribution in [1.29, 1.82) is 0 Å². The van der Waals surface area contributed by atoms with Crippen LogP contribution in [0.15, 0.2) is 61.7 Å². The van der Waals surface area contributed by atoms with Crippen LogP contribution in [0.25, 0.3) is 16.7 Å². The van der Waals surface area contributed by atoms with Gasteiger partial charge in [-0.2, -0.15) is 5.10 Å². The number of amides is 1. The van der Waals surface area contributed by atoms with E-state index >= 15 is 4.39 Å². The highest BCUT2D eigenvalue weighted by molar-refractivity contribution is 6.32. The number of aryl methyl sites for hydroxylation is 1. The summed E-state index contributed by atoms with van der Waals surface area (Å²) in [5.74, 6) is 0.321. The average molecular weight is 575 g/mol. The van der Waals surface area contributed by atoms with Crippen LogP contribution in [0, 0.1) is 12.7 Å². The molecule has 1 aliphatic rings. The smallest absolute Gasteiger partial charge is 0.245 e. The van der Waals surface area contributed by atoms with E-state index in [2.05, 4.69) is 36.9 Å². The van der Waals surface area contributed by atoms with Crippen molar-refractivity contribution in [3.8, 4) is 17.4 Å². The van der Waals surface area contributed by atoms with E-state index in [0.29, 0.717) is 54.2 Å². The lowest BCUT2D eigenvalue weighted by Crippen LogP contribution is -2.41. The van der Waals surface area contributed by atoms with Crippen molar-refractivity contribution >= 4 is 45.7 Å². The number of carbonyl (C=O) groups is 1. The second-order valence-electron chi connectivity index (χ2n) is 9.41. The number of halogens is 2. The molecule has 4 aromatic heterocycles. The fourth-order valence-corrected chi connectivity index (χ4v) is 4.77. The first-order valence-corrected chi connectivity index (χ1v) is 13.2. The number of hydrogen-bond donors (Lipinski definition) is 1. The normalized spacial score (nSPS) is 13.9. The van der Waals surface area contributed by atoms with Gasteiger partial charge in [0.1, 0.15) is 28.7 Å². The van der Waals surface area contributed by atoms with Gasteiger partial charge >= 0.3 is 0 Å². The summed E-state index contributed by atoms with van der Waals surface area (Å²) in [6, 6.07) is 8.20. The lowest BCUT2D eigenvalue weighted by atomic mass is 10.1. The van der Waals surface area contributed by atoms with Crippen molar-refractivity contribution in [1.82, 2.24) is 34.4 Å². The number of pyridine rings is 1. The van der Waals surface area contributed by atoms with Gasteiger partial charge in [-0.1, -0.05) is 18.2 Å². The van der Waals surface area contributed by atoms with Gasteiger partial charge in [0.15, 0.2) is 23.0 Å². The zero-order chi connectivity index (χ0) is 28.5. The molecule has 208 valence electrons. The van der Waals surface area contributed by atoms with Crippen molar-refractivity contribution < 1.29 is 18.7 Å². The van der Waals surface area contributed by atoms with Gasteiger partial charge in [0.25, 0.3) is 0 Å². The summed E-state index contributed by atoms with van der Waals surface area (Å²) in [5, 5.41) is 7.03. The summed E-state index contributed by atoms with van der Waals surface area (Å²) in [4.78, 5) is 31.0. The third-order valence-electron chi connectivity index (χ3n) is 6.71. The van der Waals surface area contributed by atoms with E-state index in [4.69, 9.17) is 21.1 Å². The first-order chi connectivity index (χ1) is 19.9. The molecule has 0 spiro atoms. The molecule has 0 radical (unpaired) electrons. The van der Waals surface area contributed by atoms with Crippen LogP contribution in [0.2, 0.25) is 5.02 Å². The molecule has 0 bridgehead atoms. The predicted octanol–water partition coefficient (Wildman–Crippen LogP) is 5.26. The second kappa shape index (κ2) is 11.0. The minimum Gasteiger partial charge on any atom is -0.474 e. The zero-order valence-electron chi connectivity index (χ0n) is 21.9. The summed E-state index contributed by atoms with van der Waals surface area (Å²) < 4.78 is 28.9. The van der Waals surface area contributed by atoms with Crippen LogP contribution in [0.5, 0.6) is 17.4 Å². The van der Waals surface area contributed by atoms with Crippen LogP contribution in [0.4, 0.5) is 15.9 Å². The lowest BCUT2D eigenvalue weighted by Gasteiger charge is -2.31. The van der Waals surface area contributed by atoms with E-state index in [1.807, 2.05) is 6.92 Å². The summed E-state index contributed by atoms with van der Waals surface area (Å²) in [5.41, 5.74) is 2.49.